The summed E-state index contributed by atoms with van der Waals surface area (Å²) in [5.74, 6) is 0. The number of alkyl halides is 1. The predicted molar refractivity (Wildman–Crippen MR) is 76.3 cm³/mol. The first-order chi connectivity index (χ1) is 7.46. The van der Waals surface area contributed by atoms with Crippen molar-refractivity contribution < 1.29 is 0 Å². The van der Waals surface area contributed by atoms with Crippen LogP contribution in [0.5, 0.6) is 0 Å². The van der Waals surface area contributed by atoms with Crippen LogP contribution in [-0.2, 0) is 0 Å². The average Bonchev–Trinajstić information content (AvgIpc) is 2.30. The van der Waals surface area contributed by atoms with Crippen LogP contribution in [0.2, 0.25) is 0 Å². The van der Waals surface area contributed by atoms with E-state index < -0.39 is 0 Å². The first-order valence-electron chi connectivity index (χ1n) is 6.73. The van der Waals surface area contributed by atoms with E-state index in [1.165, 1.54) is 50.4 Å². The molecule has 1 aliphatic rings. The van der Waals surface area contributed by atoms with Crippen molar-refractivity contribution in [2.45, 2.75) is 64.8 Å². The molecule has 1 saturated carbocycles. The highest BCUT2D eigenvalue weighted by molar-refractivity contribution is 9.09. The molecule has 1 aliphatic carbocycles. The summed E-state index contributed by atoms with van der Waals surface area (Å²) in [6, 6.07) is 0. The van der Waals surface area contributed by atoms with Gasteiger partial charge in [0.2, 0.25) is 0 Å². The van der Waals surface area contributed by atoms with Gasteiger partial charge in [-0.2, -0.15) is 0 Å². The molecule has 0 aromatic carbocycles. The number of hydrogen-bond donors (Lipinski definition) is 0. The van der Waals surface area contributed by atoms with Crippen LogP contribution in [0.15, 0.2) is 0 Å². The Hall–Kier alpha value is 0.440. The highest BCUT2D eigenvalue weighted by atomic mass is 79.9. The van der Waals surface area contributed by atoms with Crippen molar-refractivity contribution in [3.63, 3.8) is 0 Å². The van der Waals surface area contributed by atoms with E-state index in [0.717, 1.165) is 0 Å². The third-order valence-electron chi connectivity index (χ3n) is 4.67. The van der Waals surface area contributed by atoms with Crippen LogP contribution in [0.4, 0.5) is 0 Å². The molecule has 1 rings (SSSR count). The van der Waals surface area contributed by atoms with Crippen LogP contribution in [0, 0.1) is 5.41 Å². The van der Waals surface area contributed by atoms with Crippen LogP contribution >= 0.6 is 15.9 Å². The lowest BCUT2D eigenvalue weighted by Crippen LogP contribution is -2.48. The zero-order chi connectivity index (χ0) is 12.2. The van der Waals surface area contributed by atoms with Crippen molar-refractivity contribution in [1.82, 2.24) is 4.90 Å². The lowest BCUT2D eigenvalue weighted by atomic mass is 9.74. The molecule has 0 amide bonds. The minimum Gasteiger partial charge on any atom is -0.301 e. The van der Waals surface area contributed by atoms with Gasteiger partial charge < -0.3 is 4.90 Å². The Bertz CT molecular complexity index is 207. The van der Waals surface area contributed by atoms with Crippen molar-refractivity contribution in [2.24, 2.45) is 5.41 Å². The molecule has 0 saturated heterocycles. The van der Waals surface area contributed by atoms with Crippen molar-refractivity contribution in [2.75, 3.05) is 18.9 Å². The summed E-state index contributed by atoms with van der Waals surface area (Å²) in [6.45, 7) is 8.26. The third kappa shape index (κ3) is 3.46. The van der Waals surface area contributed by atoms with E-state index in [1.54, 1.807) is 0 Å². The number of halogens is 1. The van der Waals surface area contributed by atoms with Crippen LogP contribution in [0.3, 0.4) is 0 Å². The maximum absolute atomic E-state index is 3.76. The molecule has 0 unspecified atom stereocenters. The summed E-state index contributed by atoms with van der Waals surface area (Å²) in [5.41, 5.74) is 0.881. The summed E-state index contributed by atoms with van der Waals surface area (Å²) in [6.07, 6.45) is 8.32. The molecule has 0 spiro atoms. The highest BCUT2D eigenvalue weighted by Crippen LogP contribution is 2.39. The van der Waals surface area contributed by atoms with Crippen molar-refractivity contribution >= 4 is 15.9 Å². The molecule has 0 atom stereocenters. The highest BCUT2D eigenvalue weighted by Gasteiger charge is 2.35. The Labute approximate surface area is 110 Å². The summed E-state index contributed by atoms with van der Waals surface area (Å²) in [7, 11) is 2.29. The van der Waals surface area contributed by atoms with Gasteiger partial charge in [-0.05, 0) is 45.6 Å². The Kier molecular flexibility index (Phi) is 5.31. The first-order valence-corrected chi connectivity index (χ1v) is 7.85. The normalized spacial score (nSPS) is 21.4. The zero-order valence-corrected chi connectivity index (χ0v) is 13.1. The maximum atomic E-state index is 3.76. The van der Waals surface area contributed by atoms with Gasteiger partial charge in [0.1, 0.15) is 0 Å². The van der Waals surface area contributed by atoms with Gasteiger partial charge in [-0.15, -0.1) is 0 Å². The molecule has 0 aliphatic heterocycles. The molecule has 0 bridgehead atoms. The molecule has 0 heterocycles. The fourth-order valence-electron chi connectivity index (χ4n) is 2.62. The SMILES string of the molecule is CCC(C)(C)N(C)CC1(CBr)CCCCC1. The third-order valence-corrected chi connectivity index (χ3v) is 5.86. The lowest BCUT2D eigenvalue weighted by molar-refractivity contribution is 0.0715. The van der Waals surface area contributed by atoms with E-state index in [-0.39, 0.29) is 0 Å². The Morgan fingerprint density at radius 1 is 1.19 bits per heavy atom. The van der Waals surface area contributed by atoms with Crippen molar-refractivity contribution in [3.05, 3.63) is 0 Å². The maximum Gasteiger partial charge on any atom is 0.0147 e. The van der Waals surface area contributed by atoms with E-state index in [2.05, 4.69) is 48.6 Å². The molecule has 16 heavy (non-hydrogen) atoms. The average molecular weight is 290 g/mol. The number of hydrogen-bond acceptors (Lipinski definition) is 1. The van der Waals surface area contributed by atoms with Crippen molar-refractivity contribution in [1.29, 1.82) is 0 Å². The lowest BCUT2D eigenvalue weighted by Gasteiger charge is -2.44. The van der Waals surface area contributed by atoms with E-state index in [4.69, 9.17) is 0 Å². The Morgan fingerprint density at radius 3 is 2.19 bits per heavy atom. The summed E-state index contributed by atoms with van der Waals surface area (Å²) < 4.78 is 0. The van der Waals surface area contributed by atoms with E-state index in [1.807, 2.05) is 0 Å². The topological polar surface area (TPSA) is 3.24 Å². The van der Waals surface area contributed by atoms with Gasteiger partial charge in [0.05, 0.1) is 0 Å². The van der Waals surface area contributed by atoms with Gasteiger partial charge in [0.15, 0.2) is 0 Å². The minimum absolute atomic E-state index is 0.340. The largest absolute Gasteiger partial charge is 0.301 e. The molecular weight excluding hydrogens is 262 g/mol. The molecule has 0 aromatic rings. The second-order valence-electron chi connectivity index (χ2n) is 6.22. The van der Waals surface area contributed by atoms with Crippen LogP contribution in [-0.4, -0.2) is 29.4 Å². The Morgan fingerprint density at radius 2 is 1.75 bits per heavy atom. The summed E-state index contributed by atoms with van der Waals surface area (Å²) in [4.78, 5) is 2.57. The minimum atomic E-state index is 0.340. The molecule has 2 heteroatoms. The second kappa shape index (κ2) is 5.86. The van der Waals surface area contributed by atoms with Crippen LogP contribution < -0.4 is 0 Å². The first kappa shape index (κ1) is 14.5. The van der Waals surface area contributed by atoms with Gasteiger partial charge >= 0.3 is 0 Å². The van der Waals surface area contributed by atoms with Crippen LogP contribution in [0.1, 0.15) is 59.3 Å². The molecule has 1 nitrogen and oxygen atoms in total. The smallest absolute Gasteiger partial charge is 0.0147 e. The molecule has 0 N–H and O–H groups in total. The van der Waals surface area contributed by atoms with Gasteiger partial charge in [-0.3, -0.25) is 0 Å². The van der Waals surface area contributed by atoms with Gasteiger partial charge in [0.25, 0.3) is 0 Å². The summed E-state index contributed by atoms with van der Waals surface area (Å²) >= 11 is 3.76. The molecule has 96 valence electrons. The van der Waals surface area contributed by atoms with Gasteiger partial charge in [-0.25, -0.2) is 0 Å². The van der Waals surface area contributed by atoms with E-state index >= 15 is 0 Å². The summed E-state index contributed by atoms with van der Waals surface area (Å²) in [5, 5.41) is 1.17. The standard InChI is InChI=1S/C14H28BrN/c1-5-13(2,3)16(4)12-14(11-15)9-7-6-8-10-14/h5-12H2,1-4H3. The quantitative estimate of drug-likeness (QED) is 0.676. The van der Waals surface area contributed by atoms with Gasteiger partial charge in [-0.1, -0.05) is 42.1 Å². The van der Waals surface area contributed by atoms with Crippen molar-refractivity contribution in [3.8, 4) is 0 Å². The van der Waals surface area contributed by atoms with Gasteiger partial charge in [0, 0.05) is 17.4 Å². The predicted octanol–water partition coefficient (Wildman–Crippen LogP) is 4.45. The number of nitrogens with zero attached hydrogens (tertiary/aromatic N) is 1. The molecule has 0 aromatic heterocycles. The fourth-order valence-corrected chi connectivity index (χ4v) is 3.36. The molecule has 1 fully saturated rings. The monoisotopic (exact) mass is 289 g/mol. The van der Waals surface area contributed by atoms with E-state index in [9.17, 15) is 0 Å². The van der Waals surface area contributed by atoms with E-state index in [0.29, 0.717) is 11.0 Å². The number of rotatable bonds is 5. The molecule has 0 radical (unpaired) electrons. The van der Waals surface area contributed by atoms with Crippen LogP contribution in [0.25, 0.3) is 0 Å². The Balaban J connectivity index is 2.62. The zero-order valence-electron chi connectivity index (χ0n) is 11.5. The molecular formula is C14H28BrN. The fraction of sp³-hybridized carbons (Fsp3) is 1.00. The second-order valence-corrected chi connectivity index (χ2v) is 6.78.